The molecule has 0 saturated carbocycles. The number of hydrogen-bond acceptors (Lipinski definition) is 5. The fourth-order valence-electron chi connectivity index (χ4n) is 7.44. The molecule has 0 amide bonds. The summed E-state index contributed by atoms with van der Waals surface area (Å²) in [4.78, 5) is 49.5. The van der Waals surface area contributed by atoms with E-state index < -0.39 is 16.7 Å². The summed E-state index contributed by atoms with van der Waals surface area (Å²) in [5.41, 5.74) is 3.72. The van der Waals surface area contributed by atoms with Gasteiger partial charge in [0.1, 0.15) is 0 Å². The molecule has 8 heteroatoms. The molecule has 0 unspecified atom stereocenters. The lowest BCUT2D eigenvalue weighted by atomic mass is 9.88. The second kappa shape index (κ2) is 13.3. The molecule has 0 radical (unpaired) electrons. The van der Waals surface area contributed by atoms with Gasteiger partial charge in [-0.1, -0.05) is 117 Å². The molecule has 0 bridgehead atoms. The van der Waals surface area contributed by atoms with E-state index in [0.29, 0.717) is 28.7 Å². The Kier molecular flexibility index (Phi) is 9.42. The van der Waals surface area contributed by atoms with Gasteiger partial charge < -0.3 is 5.11 Å². The summed E-state index contributed by atoms with van der Waals surface area (Å²) in [6.45, 7) is 18.9. The van der Waals surface area contributed by atoms with Gasteiger partial charge in [0.2, 0.25) is 5.88 Å². The third-order valence-electron chi connectivity index (χ3n) is 9.98. The van der Waals surface area contributed by atoms with Crippen LogP contribution >= 0.6 is 11.6 Å². The summed E-state index contributed by atoms with van der Waals surface area (Å²) in [5, 5.41) is 13.6. The number of nitrogens with zero attached hydrogens (tertiary/aromatic N) is 3. The van der Waals surface area contributed by atoms with Gasteiger partial charge in [-0.25, -0.2) is 9.13 Å². The van der Waals surface area contributed by atoms with Crippen molar-refractivity contribution >= 4 is 33.1 Å². The van der Waals surface area contributed by atoms with Crippen molar-refractivity contribution in [2.45, 2.75) is 98.8 Å². The van der Waals surface area contributed by atoms with E-state index in [2.05, 4.69) is 34.6 Å². The molecule has 6 rings (SSSR count). The molecule has 0 fully saturated rings. The van der Waals surface area contributed by atoms with Gasteiger partial charge in [-0.05, 0) is 64.5 Å². The Morgan fingerprint density at radius 3 is 1.64 bits per heavy atom. The second-order valence-corrected chi connectivity index (χ2v) is 15.1. The first-order valence-electron chi connectivity index (χ1n) is 17.8. The van der Waals surface area contributed by atoms with Crippen LogP contribution in [0.25, 0.3) is 44.0 Å². The van der Waals surface area contributed by atoms with Crippen molar-refractivity contribution in [2.24, 2.45) is 4.99 Å². The summed E-state index contributed by atoms with van der Waals surface area (Å²) < 4.78 is 2.64. The van der Waals surface area contributed by atoms with E-state index in [-0.39, 0.29) is 61.9 Å². The summed E-state index contributed by atoms with van der Waals surface area (Å²) >= 11 is 7.06. The average Bonchev–Trinajstić information content (AvgIpc) is 3.06. The highest BCUT2D eigenvalue weighted by molar-refractivity contribution is 6.37. The van der Waals surface area contributed by atoms with Gasteiger partial charge in [-0.3, -0.25) is 19.4 Å². The molecule has 7 nitrogen and oxygen atoms in total. The summed E-state index contributed by atoms with van der Waals surface area (Å²) in [7, 11) is 0. The summed E-state index contributed by atoms with van der Waals surface area (Å²) in [6.07, 6.45) is 1.68. The van der Waals surface area contributed by atoms with Crippen LogP contribution in [0.4, 0.5) is 0 Å². The molecule has 1 N–H and O–H groups in total. The average molecular weight is 692 g/mol. The van der Waals surface area contributed by atoms with Crippen molar-refractivity contribution < 1.29 is 5.11 Å². The van der Waals surface area contributed by atoms with Gasteiger partial charge in [-0.15, -0.1) is 0 Å². The van der Waals surface area contributed by atoms with Crippen molar-refractivity contribution in [1.82, 2.24) is 9.13 Å². The highest BCUT2D eigenvalue weighted by Gasteiger charge is 2.32. The van der Waals surface area contributed by atoms with Gasteiger partial charge >= 0.3 is 0 Å². The van der Waals surface area contributed by atoms with Crippen LogP contribution in [-0.2, 0) is 0 Å². The molecule has 0 spiro atoms. The second-order valence-electron chi connectivity index (χ2n) is 14.7. The largest absolute Gasteiger partial charge is 0.494 e. The Bertz CT molecular complexity index is 2420. The van der Waals surface area contributed by atoms with Gasteiger partial charge in [0, 0.05) is 22.9 Å². The highest BCUT2D eigenvalue weighted by Crippen LogP contribution is 2.43. The normalized spacial score (nSPS) is 12.8. The van der Waals surface area contributed by atoms with E-state index in [4.69, 9.17) is 16.6 Å². The lowest BCUT2D eigenvalue weighted by Crippen LogP contribution is -2.37. The molecule has 3 aromatic carbocycles. The predicted octanol–water partition coefficient (Wildman–Crippen LogP) is 9.19. The van der Waals surface area contributed by atoms with Crippen LogP contribution in [0.1, 0.15) is 121 Å². The molecule has 0 atom stereocenters. The lowest BCUT2D eigenvalue weighted by Gasteiger charge is -2.25. The van der Waals surface area contributed by atoms with Crippen molar-refractivity contribution in [2.75, 3.05) is 6.54 Å². The quantitative estimate of drug-likeness (QED) is 0.121. The third-order valence-corrected chi connectivity index (χ3v) is 10.3. The third kappa shape index (κ3) is 5.41. The zero-order valence-electron chi connectivity index (χ0n) is 30.4. The maximum Gasteiger partial charge on any atom is 0.268 e. The molecule has 260 valence electrons. The molecule has 0 saturated heterocycles. The summed E-state index contributed by atoms with van der Waals surface area (Å²) in [5.74, 6) is -0.156. The predicted molar refractivity (Wildman–Crippen MR) is 206 cm³/mol. The van der Waals surface area contributed by atoms with Crippen LogP contribution in [0.3, 0.4) is 0 Å². The monoisotopic (exact) mass is 691 g/mol. The Labute approximate surface area is 297 Å². The van der Waals surface area contributed by atoms with E-state index in [1.807, 2.05) is 64.1 Å². The van der Waals surface area contributed by atoms with Crippen LogP contribution < -0.4 is 22.0 Å². The maximum atomic E-state index is 15.0. The number of pyridine rings is 2. The maximum absolute atomic E-state index is 15.0. The Hall–Kier alpha value is -4.49. The number of unbranched alkanes of at least 4 members (excludes halogenated alkanes) is 1. The molecule has 1 aromatic heterocycles. The summed E-state index contributed by atoms with van der Waals surface area (Å²) in [6, 6.07) is 15.0. The fraction of sp³-hybridized carbons (Fsp3) is 0.381. The van der Waals surface area contributed by atoms with Gasteiger partial charge in [-0.2, -0.15) is 0 Å². The fourth-order valence-corrected chi connectivity index (χ4v) is 7.73. The number of aromatic hydroxyl groups is 1. The number of aromatic nitrogens is 2. The number of benzene rings is 4. The number of halogens is 1. The Morgan fingerprint density at radius 1 is 0.680 bits per heavy atom. The van der Waals surface area contributed by atoms with Crippen LogP contribution in [0.2, 0.25) is 5.02 Å². The molecular formula is C42H46ClN3O4. The number of para-hydroxylation sites is 2. The molecule has 2 aliphatic rings. The van der Waals surface area contributed by atoms with Gasteiger partial charge in [0.05, 0.1) is 38.1 Å². The zero-order valence-corrected chi connectivity index (χ0v) is 31.2. The van der Waals surface area contributed by atoms with Crippen molar-refractivity contribution in [1.29, 1.82) is 0 Å². The zero-order chi connectivity index (χ0) is 36.3. The molecule has 1 aliphatic carbocycles. The van der Waals surface area contributed by atoms with Crippen LogP contribution in [0.15, 0.2) is 67.9 Å². The first-order chi connectivity index (χ1) is 23.7. The van der Waals surface area contributed by atoms with Gasteiger partial charge in [0.25, 0.3) is 16.7 Å². The van der Waals surface area contributed by atoms with Crippen LogP contribution in [0.5, 0.6) is 5.88 Å². The minimum atomic E-state index is -0.558. The van der Waals surface area contributed by atoms with Crippen molar-refractivity contribution in [3.63, 3.8) is 0 Å². The van der Waals surface area contributed by atoms with E-state index in [1.54, 1.807) is 12.1 Å². The standard InChI is InChI=1S/C42H46ClN3O4/c1-10-11-18-44-32-20-30-33-34-29(39(47)46(42(50)36(32)34)38-27(23(6)7)16-13-17-28(38)24(8)9)19-31(43)35(33)41(49)45(40(30)48)37-25(21(2)3)14-12-15-26(37)22(4)5/h12-17,19-24,47H,10-11,18H2,1-9H3. The van der Waals surface area contributed by atoms with Crippen LogP contribution in [-0.4, -0.2) is 20.8 Å². The van der Waals surface area contributed by atoms with E-state index in [9.17, 15) is 19.5 Å². The first kappa shape index (κ1) is 35.3. The molecular weight excluding hydrogens is 646 g/mol. The van der Waals surface area contributed by atoms with E-state index >= 15 is 0 Å². The van der Waals surface area contributed by atoms with Crippen LogP contribution in [0, 0.1) is 0 Å². The molecule has 50 heavy (non-hydrogen) atoms. The minimum absolute atomic E-state index is 0.0238. The number of hydrogen-bond donors (Lipinski definition) is 1. The lowest BCUT2D eigenvalue weighted by molar-refractivity contribution is 0.442. The van der Waals surface area contributed by atoms with E-state index in [1.165, 1.54) is 9.13 Å². The molecule has 1 aliphatic heterocycles. The molecule has 4 aromatic rings. The smallest absolute Gasteiger partial charge is 0.268 e. The number of rotatable bonds is 9. The first-order valence-corrected chi connectivity index (χ1v) is 18.2. The minimum Gasteiger partial charge on any atom is -0.494 e. The van der Waals surface area contributed by atoms with Crippen molar-refractivity contribution in [3.8, 4) is 28.4 Å². The van der Waals surface area contributed by atoms with Crippen molar-refractivity contribution in [3.05, 3.63) is 112 Å². The SMILES string of the molecule is CCCCN=c1cc2c(=O)n(-c3c(C(C)C)cccc3C(C)C)c(=O)c3c(Cl)cc4c(O)n(-c5c(C(C)C)cccc5C(C)C)c(=O)c1c4c3-2. The Balaban J connectivity index is 1.90. The molecule has 2 heterocycles. The van der Waals surface area contributed by atoms with Gasteiger partial charge in [0.15, 0.2) is 0 Å². The topological polar surface area (TPSA) is 93.7 Å². The van der Waals surface area contributed by atoms with E-state index in [0.717, 1.165) is 35.1 Å². The highest BCUT2D eigenvalue weighted by atomic mass is 35.5. The Morgan fingerprint density at radius 2 is 1.16 bits per heavy atom.